The molecule has 3 rings (SSSR count). The molecule has 1 N–H and O–H groups in total. The van der Waals surface area contributed by atoms with Crippen LogP contribution in [-0.4, -0.2) is 17.3 Å². The van der Waals surface area contributed by atoms with Crippen molar-refractivity contribution in [2.75, 3.05) is 7.11 Å². The van der Waals surface area contributed by atoms with Crippen molar-refractivity contribution in [3.05, 3.63) is 52.2 Å². The number of hydrogen-bond donors (Lipinski definition) is 1. The minimum absolute atomic E-state index is 0.651. The van der Waals surface area contributed by atoms with Crippen LogP contribution in [0.4, 0.5) is 0 Å². The molecule has 21 heavy (non-hydrogen) atoms. The number of H-pyrrole nitrogens is 1. The van der Waals surface area contributed by atoms with Crippen LogP contribution in [0.2, 0.25) is 0 Å². The number of nitrogens with zero attached hydrogens (tertiary/aromatic N) is 1. The zero-order valence-electron chi connectivity index (χ0n) is 12.2. The zero-order chi connectivity index (χ0) is 15.0. The first-order valence-electron chi connectivity index (χ1n) is 6.75. The van der Waals surface area contributed by atoms with E-state index in [2.05, 4.69) is 30.1 Å². The number of nitrogens with one attached hydrogen (secondary N) is 1. The summed E-state index contributed by atoms with van der Waals surface area (Å²) in [7, 11) is 1.69. The maximum atomic E-state index is 5.56. The van der Waals surface area contributed by atoms with Crippen molar-refractivity contribution in [1.82, 2.24) is 10.2 Å². The van der Waals surface area contributed by atoms with Gasteiger partial charge in [-0.05, 0) is 31.0 Å². The number of ether oxygens (including phenoxy) is 1. The smallest absolute Gasteiger partial charge is 0.128 e. The van der Waals surface area contributed by atoms with Gasteiger partial charge in [-0.3, -0.25) is 5.10 Å². The molecule has 2 aromatic carbocycles. The van der Waals surface area contributed by atoms with Crippen LogP contribution in [0.1, 0.15) is 11.1 Å². The van der Waals surface area contributed by atoms with Crippen LogP contribution in [0.5, 0.6) is 5.75 Å². The van der Waals surface area contributed by atoms with Crippen molar-refractivity contribution in [2.24, 2.45) is 0 Å². The summed E-state index contributed by atoms with van der Waals surface area (Å²) in [6.07, 6.45) is 0. The van der Waals surface area contributed by atoms with Gasteiger partial charge in [-0.25, -0.2) is 0 Å². The van der Waals surface area contributed by atoms with E-state index in [4.69, 9.17) is 17.0 Å². The molecule has 4 heteroatoms. The fourth-order valence-corrected chi connectivity index (χ4v) is 2.92. The lowest BCUT2D eigenvalue weighted by Crippen LogP contribution is -1.97. The molecule has 0 fully saturated rings. The molecule has 0 spiro atoms. The van der Waals surface area contributed by atoms with Crippen molar-refractivity contribution in [3.8, 4) is 17.0 Å². The van der Waals surface area contributed by atoms with Gasteiger partial charge in [-0.15, -0.1) is 0 Å². The maximum Gasteiger partial charge on any atom is 0.128 e. The predicted octanol–water partition coefficient (Wildman–Crippen LogP) is 4.58. The summed E-state index contributed by atoms with van der Waals surface area (Å²) in [5.41, 5.74) is 4.18. The molecule has 0 amide bonds. The van der Waals surface area contributed by atoms with Crippen LogP contribution in [0.3, 0.4) is 0 Å². The molecule has 106 valence electrons. The number of aromatic nitrogens is 2. The molecule has 0 unspecified atom stereocenters. The Kier molecular flexibility index (Phi) is 3.47. The molecule has 0 aliphatic carbocycles. The topological polar surface area (TPSA) is 37.9 Å². The summed E-state index contributed by atoms with van der Waals surface area (Å²) in [5, 5.41) is 9.44. The van der Waals surface area contributed by atoms with Crippen molar-refractivity contribution in [3.63, 3.8) is 0 Å². The molecule has 1 aromatic heterocycles. The molecule has 0 radical (unpaired) electrons. The molecule has 0 atom stereocenters. The first-order chi connectivity index (χ1) is 10.1. The van der Waals surface area contributed by atoms with E-state index in [1.54, 1.807) is 7.11 Å². The first kappa shape index (κ1) is 13.8. The minimum Gasteiger partial charge on any atom is -0.496 e. The second kappa shape index (κ2) is 5.30. The van der Waals surface area contributed by atoms with Crippen molar-refractivity contribution < 1.29 is 4.74 Å². The van der Waals surface area contributed by atoms with Gasteiger partial charge in [0.05, 0.1) is 7.11 Å². The lowest BCUT2D eigenvalue weighted by molar-refractivity contribution is 0.415. The number of aromatic amines is 1. The van der Waals surface area contributed by atoms with E-state index in [-0.39, 0.29) is 0 Å². The van der Waals surface area contributed by atoms with Crippen molar-refractivity contribution in [1.29, 1.82) is 0 Å². The van der Waals surface area contributed by atoms with Crippen LogP contribution in [0, 0.1) is 18.5 Å². The standard InChI is InChI=1S/C17H16N2OS/c1-10-8-11(2)15(14(9-10)20-3)16-12-6-4-5-7-13(12)17(21)19-18-16/h4-9H,1-3H3,(H,19,21). The normalized spacial score (nSPS) is 10.8. The summed E-state index contributed by atoms with van der Waals surface area (Å²) in [6, 6.07) is 12.2. The van der Waals surface area contributed by atoms with Crippen LogP contribution in [0.15, 0.2) is 36.4 Å². The van der Waals surface area contributed by atoms with Gasteiger partial charge in [0.25, 0.3) is 0 Å². The summed E-state index contributed by atoms with van der Waals surface area (Å²) in [5.74, 6) is 0.829. The van der Waals surface area contributed by atoms with Gasteiger partial charge in [-0.1, -0.05) is 42.5 Å². The minimum atomic E-state index is 0.651. The molecule has 3 aromatic rings. The van der Waals surface area contributed by atoms with Gasteiger partial charge in [-0.2, -0.15) is 5.10 Å². The molecular formula is C17H16N2OS. The van der Waals surface area contributed by atoms with E-state index in [0.717, 1.165) is 33.3 Å². The van der Waals surface area contributed by atoms with Crippen molar-refractivity contribution >= 4 is 23.0 Å². The zero-order valence-corrected chi connectivity index (χ0v) is 13.0. The number of methoxy groups -OCH3 is 1. The molecule has 0 aliphatic heterocycles. The van der Waals surface area contributed by atoms with E-state index in [0.29, 0.717) is 4.64 Å². The van der Waals surface area contributed by atoms with E-state index in [9.17, 15) is 0 Å². The molecule has 0 aliphatic rings. The quantitative estimate of drug-likeness (QED) is 0.703. The fourth-order valence-electron chi connectivity index (χ4n) is 2.70. The van der Waals surface area contributed by atoms with E-state index in [1.165, 1.54) is 5.56 Å². The lowest BCUT2D eigenvalue weighted by Gasteiger charge is -2.14. The predicted molar refractivity (Wildman–Crippen MR) is 88.4 cm³/mol. The third kappa shape index (κ3) is 2.32. The van der Waals surface area contributed by atoms with Crippen LogP contribution in [-0.2, 0) is 0 Å². The highest BCUT2D eigenvalue weighted by Gasteiger charge is 2.15. The van der Waals surface area contributed by atoms with Crippen molar-refractivity contribution in [2.45, 2.75) is 13.8 Å². The second-order valence-electron chi connectivity index (χ2n) is 5.11. The Bertz CT molecular complexity index is 884. The third-order valence-electron chi connectivity index (χ3n) is 3.60. The third-order valence-corrected chi connectivity index (χ3v) is 3.91. The number of benzene rings is 2. The van der Waals surface area contributed by atoms with Gasteiger partial charge in [0.15, 0.2) is 0 Å². The molecule has 0 saturated carbocycles. The monoisotopic (exact) mass is 296 g/mol. The molecular weight excluding hydrogens is 280 g/mol. The van der Waals surface area contributed by atoms with Gasteiger partial charge >= 0.3 is 0 Å². The van der Waals surface area contributed by atoms with E-state index < -0.39 is 0 Å². The second-order valence-corrected chi connectivity index (χ2v) is 5.51. The molecule has 0 saturated heterocycles. The van der Waals surface area contributed by atoms with E-state index >= 15 is 0 Å². The molecule has 0 bridgehead atoms. The van der Waals surface area contributed by atoms with Crippen LogP contribution in [0.25, 0.3) is 22.0 Å². The average Bonchev–Trinajstić information content (AvgIpc) is 2.48. The average molecular weight is 296 g/mol. The number of fused-ring (bicyclic) bond motifs is 1. The Labute approximate surface area is 128 Å². The highest BCUT2D eigenvalue weighted by molar-refractivity contribution is 7.71. The number of hydrogen-bond acceptors (Lipinski definition) is 3. The molecule has 3 nitrogen and oxygen atoms in total. The first-order valence-corrected chi connectivity index (χ1v) is 7.15. The Morgan fingerprint density at radius 3 is 2.52 bits per heavy atom. The molecule has 1 heterocycles. The summed E-state index contributed by atoms with van der Waals surface area (Å²) < 4.78 is 6.21. The number of aryl methyl sites for hydroxylation is 2. The highest BCUT2D eigenvalue weighted by Crippen LogP contribution is 2.36. The van der Waals surface area contributed by atoms with Gasteiger partial charge < -0.3 is 4.74 Å². The van der Waals surface area contributed by atoms with Gasteiger partial charge in [0, 0.05) is 16.3 Å². The van der Waals surface area contributed by atoms with Gasteiger partial charge in [0.1, 0.15) is 16.1 Å². The summed E-state index contributed by atoms with van der Waals surface area (Å²) in [6.45, 7) is 4.13. The summed E-state index contributed by atoms with van der Waals surface area (Å²) in [4.78, 5) is 0. The Morgan fingerprint density at radius 2 is 1.81 bits per heavy atom. The maximum absolute atomic E-state index is 5.56. The number of rotatable bonds is 2. The largest absolute Gasteiger partial charge is 0.496 e. The van der Waals surface area contributed by atoms with E-state index in [1.807, 2.05) is 30.3 Å². The Balaban J connectivity index is 2.42. The van der Waals surface area contributed by atoms with Crippen LogP contribution < -0.4 is 4.74 Å². The summed E-state index contributed by atoms with van der Waals surface area (Å²) >= 11 is 5.33. The Morgan fingerprint density at radius 1 is 1.10 bits per heavy atom. The fraction of sp³-hybridized carbons (Fsp3) is 0.176. The highest BCUT2D eigenvalue weighted by atomic mass is 32.1. The SMILES string of the molecule is COc1cc(C)cc(C)c1-c1n[nH]c(=S)c2ccccc12. The van der Waals surface area contributed by atoms with Crippen LogP contribution >= 0.6 is 12.2 Å². The Hall–Kier alpha value is -2.20. The lowest BCUT2D eigenvalue weighted by atomic mass is 9.98. The van der Waals surface area contributed by atoms with Gasteiger partial charge in [0.2, 0.25) is 0 Å².